The molecule has 278 valence electrons. The van der Waals surface area contributed by atoms with Gasteiger partial charge in [-0.1, -0.05) is 45.0 Å². The summed E-state index contributed by atoms with van der Waals surface area (Å²) in [5.41, 5.74) is 6.60. The number of aromatic nitrogens is 5. The standard InChI is InChI=1S/C40H47N7O5S/c1-23(2)52-33-17-11-16-31(30-21-41-29-19-34(40(5,6)7)46(8)37(29)42-30)47-32(33)22-51-35-20-28(36-24(3)12-9-13-25(36)4)43-39(44-35)45-53(49,50)27-15-10-14-26(18-27)38(47)48/h9-10,12-15,18-21,23,31-33H,11,16-17,22H2,1-8H3,(H,43,44,45)/t31-,32-,33+/m0/s1. The van der Waals surface area contributed by atoms with E-state index in [0.29, 0.717) is 24.2 Å². The minimum atomic E-state index is -4.22. The van der Waals surface area contributed by atoms with E-state index in [1.165, 1.54) is 12.1 Å². The van der Waals surface area contributed by atoms with Gasteiger partial charge in [-0.2, -0.15) is 4.98 Å². The van der Waals surface area contributed by atoms with E-state index in [0.717, 1.165) is 40.0 Å². The minimum absolute atomic E-state index is 0.0166. The number of amides is 1. The van der Waals surface area contributed by atoms with Crippen molar-refractivity contribution >= 4 is 33.0 Å². The lowest BCUT2D eigenvalue weighted by Gasteiger charge is -2.39. The van der Waals surface area contributed by atoms with Gasteiger partial charge in [0.2, 0.25) is 11.8 Å². The topological polar surface area (TPSA) is 141 Å². The van der Waals surface area contributed by atoms with Crippen LogP contribution in [0.15, 0.2) is 65.7 Å². The van der Waals surface area contributed by atoms with E-state index in [9.17, 15) is 8.42 Å². The molecule has 1 amide bonds. The summed E-state index contributed by atoms with van der Waals surface area (Å²) in [6.07, 6.45) is 3.22. The summed E-state index contributed by atoms with van der Waals surface area (Å²) in [7, 11) is -2.23. The van der Waals surface area contributed by atoms with Crippen LogP contribution in [0.1, 0.15) is 92.8 Å². The summed E-state index contributed by atoms with van der Waals surface area (Å²) in [6, 6.07) is 14.6. The number of aryl methyl sites for hydroxylation is 3. The number of sulfonamides is 1. The maximum absolute atomic E-state index is 15.0. The Morgan fingerprint density at radius 2 is 1.72 bits per heavy atom. The second kappa shape index (κ2) is 13.8. The van der Waals surface area contributed by atoms with Crippen LogP contribution in [-0.2, 0) is 27.2 Å². The molecule has 0 unspecified atom stereocenters. The molecule has 0 spiro atoms. The van der Waals surface area contributed by atoms with Crippen LogP contribution >= 0.6 is 0 Å². The summed E-state index contributed by atoms with van der Waals surface area (Å²) in [6.45, 7) is 14.4. The molecule has 53 heavy (non-hydrogen) atoms. The minimum Gasteiger partial charge on any atom is -0.475 e. The monoisotopic (exact) mass is 737 g/mol. The Hall–Kier alpha value is -4.88. The van der Waals surface area contributed by atoms with Gasteiger partial charge >= 0.3 is 0 Å². The van der Waals surface area contributed by atoms with Gasteiger partial charge < -0.3 is 18.9 Å². The molecule has 5 aromatic rings. The summed E-state index contributed by atoms with van der Waals surface area (Å²) in [5.74, 6) is -0.336. The lowest BCUT2D eigenvalue weighted by molar-refractivity contribution is -0.0544. The van der Waals surface area contributed by atoms with Crippen molar-refractivity contribution in [2.45, 2.75) is 102 Å². The molecule has 2 aromatic carbocycles. The molecule has 4 bridgehead atoms. The van der Waals surface area contributed by atoms with Crippen molar-refractivity contribution < 1.29 is 22.7 Å². The Kier molecular flexibility index (Phi) is 9.52. The van der Waals surface area contributed by atoms with E-state index in [-0.39, 0.29) is 46.3 Å². The number of carbonyl (C=O) groups excluding carboxylic acids is 1. The van der Waals surface area contributed by atoms with Crippen molar-refractivity contribution in [3.8, 4) is 17.1 Å². The Labute approximate surface area is 311 Å². The van der Waals surface area contributed by atoms with Crippen molar-refractivity contribution in [3.63, 3.8) is 0 Å². The highest BCUT2D eigenvalue weighted by atomic mass is 32.2. The van der Waals surface area contributed by atoms with E-state index in [2.05, 4.69) is 46.1 Å². The Morgan fingerprint density at radius 3 is 2.43 bits per heavy atom. The van der Waals surface area contributed by atoms with Crippen LogP contribution in [0.25, 0.3) is 22.4 Å². The highest BCUT2D eigenvalue weighted by molar-refractivity contribution is 7.92. The molecular weight excluding hydrogens is 691 g/mol. The number of fused-ring (bicyclic) bond motifs is 6. The number of ether oxygens (including phenoxy) is 2. The molecule has 3 aromatic heterocycles. The molecule has 5 heterocycles. The zero-order chi connectivity index (χ0) is 37.8. The van der Waals surface area contributed by atoms with Gasteiger partial charge in [0.05, 0.1) is 46.8 Å². The largest absolute Gasteiger partial charge is 0.475 e. The third kappa shape index (κ3) is 7.11. The molecule has 12 nitrogen and oxygen atoms in total. The molecular formula is C40H47N7O5S. The molecule has 1 fully saturated rings. The molecule has 2 aliphatic heterocycles. The van der Waals surface area contributed by atoms with Crippen LogP contribution < -0.4 is 9.46 Å². The van der Waals surface area contributed by atoms with Crippen molar-refractivity contribution in [2.75, 3.05) is 11.3 Å². The van der Waals surface area contributed by atoms with Crippen LogP contribution in [0.4, 0.5) is 5.95 Å². The predicted octanol–water partition coefficient (Wildman–Crippen LogP) is 7.06. The van der Waals surface area contributed by atoms with E-state index in [4.69, 9.17) is 19.4 Å². The molecule has 7 rings (SSSR count). The van der Waals surface area contributed by atoms with Crippen LogP contribution in [0.2, 0.25) is 0 Å². The Balaban J connectivity index is 1.42. The predicted molar refractivity (Wildman–Crippen MR) is 203 cm³/mol. The zero-order valence-electron chi connectivity index (χ0n) is 31.5. The number of hydrogen-bond acceptors (Lipinski definition) is 9. The van der Waals surface area contributed by atoms with E-state index in [1.807, 2.05) is 52.9 Å². The fourth-order valence-corrected chi connectivity index (χ4v) is 8.68. The number of nitrogens with one attached hydrogen (secondary N) is 1. The number of hydrogen-bond donors (Lipinski definition) is 1. The molecule has 0 radical (unpaired) electrons. The van der Waals surface area contributed by atoms with Gasteiger partial charge in [-0.15, -0.1) is 0 Å². The van der Waals surface area contributed by atoms with E-state index in [1.54, 1.807) is 29.3 Å². The normalized spacial score (nSPS) is 20.4. The van der Waals surface area contributed by atoms with Gasteiger partial charge in [0.25, 0.3) is 15.9 Å². The van der Waals surface area contributed by atoms with E-state index >= 15 is 4.79 Å². The first-order valence-electron chi connectivity index (χ1n) is 18.1. The maximum atomic E-state index is 15.0. The highest BCUT2D eigenvalue weighted by Crippen LogP contribution is 2.38. The number of benzene rings is 2. The van der Waals surface area contributed by atoms with Crippen LogP contribution in [-0.4, -0.2) is 68.6 Å². The van der Waals surface area contributed by atoms with Gasteiger partial charge in [0.15, 0.2) is 5.65 Å². The lowest BCUT2D eigenvalue weighted by atomic mass is 9.92. The summed E-state index contributed by atoms with van der Waals surface area (Å²) < 4.78 is 45.5. The summed E-state index contributed by atoms with van der Waals surface area (Å²) >= 11 is 0. The van der Waals surface area contributed by atoms with Gasteiger partial charge in [-0.3, -0.25) is 9.78 Å². The zero-order valence-corrected chi connectivity index (χ0v) is 32.4. The first-order valence-corrected chi connectivity index (χ1v) is 19.6. The SMILES string of the molecule is Cc1cccc(C)c1-c1cc2nc(n1)NS(=O)(=O)c1cccc(c1)C(=O)N1[C@H](c3cnc4cc(C(C)(C)C)n(C)c4n3)CCC[C@@H](OC(C)C)[C@@H]1CO2. The maximum Gasteiger partial charge on any atom is 0.264 e. The Morgan fingerprint density at radius 1 is 0.981 bits per heavy atom. The average molecular weight is 738 g/mol. The van der Waals surface area contributed by atoms with Gasteiger partial charge in [-0.25, -0.2) is 23.1 Å². The van der Waals surface area contributed by atoms with Crippen LogP contribution in [0, 0.1) is 13.8 Å². The number of carbonyl (C=O) groups is 1. The summed E-state index contributed by atoms with van der Waals surface area (Å²) in [4.78, 5) is 35.9. The molecule has 3 atom stereocenters. The molecule has 2 aliphatic rings. The van der Waals surface area contributed by atoms with E-state index < -0.39 is 28.2 Å². The first-order chi connectivity index (χ1) is 25.1. The van der Waals surface area contributed by atoms with Crippen molar-refractivity contribution in [1.29, 1.82) is 0 Å². The Bertz CT molecular complexity index is 2290. The fourth-order valence-electron chi connectivity index (χ4n) is 7.69. The van der Waals surface area contributed by atoms with Gasteiger partial charge in [0, 0.05) is 35.3 Å². The third-order valence-corrected chi connectivity index (χ3v) is 11.4. The fraction of sp³-hybridized carbons (Fsp3) is 0.425. The first kappa shape index (κ1) is 36.5. The second-order valence-electron chi connectivity index (χ2n) is 15.4. The number of anilines is 1. The molecule has 0 saturated carbocycles. The second-order valence-corrected chi connectivity index (χ2v) is 17.1. The molecule has 0 aliphatic carbocycles. The summed E-state index contributed by atoms with van der Waals surface area (Å²) in [5, 5.41) is 0. The van der Waals surface area contributed by atoms with Crippen molar-refractivity contribution in [1.82, 2.24) is 29.4 Å². The highest BCUT2D eigenvalue weighted by Gasteiger charge is 2.42. The van der Waals surface area contributed by atoms with Crippen LogP contribution in [0.5, 0.6) is 5.88 Å². The lowest BCUT2D eigenvalue weighted by Crippen LogP contribution is -2.52. The number of rotatable bonds is 4. The van der Waals surface area contributed by atoms with Gasteiger partial charge in [0.1, 0.15) is 12.1 Å². The van der Waals surface area contributed by atoms with Gasteiger partial charge in [-0.05, 0) is 82.3 Å². The third-order valence-electron chi connectivity index (χ3n) is 10.1. The molecule has 1 saturated heterocycles. The van der Waals surface area contributed by atoms with Crippen LogP contribution in [0.3, 0.4) is 0 Å². The molecule has 13 heteroatoms. The average Bonchev–Trinajstić information content (AvgIpc) is 3.33. The van der Waals surface area contributed by atoms with Crippen molar-refractivity contribution in [2.24, 2.45) is 7.05 Å². The molecule has 1 N–H and O–H groups in total. The quantitative estimate of drug-likeness (QED) is 0.205. The number of nitrogens with zero attached hydrogens (tertiary/aromatic N) is 6. The van der Waals surface area contributed by atoms with Crippen molar-refractivity contribution in [3.05, 3.63) is 88.9 Å². The smallest absolute Gasteiger partial charge is 0.264 e.